The summed E-state index contributed by atoms with van der Waals surface area (Å²) in [6.07, 6.45) is -1.04. The van der Waals surface area contributed by atoms with E-state index in [1.54, 1.807) is 0 Å². The zero-order chi connectivity index (χ0) is 5.15. The van der Waals surface area contributed by atoms with Gasteiger partial charge < -0.3 is 5.73 Å². The van der Waals surface area contributed by atoms with Crippen molar-refractivity contribution in [1.82, 2.24) is 0 Å². The molecule has 1 unspecified atom stereocenters. The van der Waals surface area contributed by atoms with Crippen LogP contribution in [0, 0.1) is 5.41 Å². The van der Waals surface area contributed by atoms with E-state index >= 15 is 0 Å². The van der Waals surface area contributed by atoms with Gasteiger partial charge in [0.15, 0.2) is 0 Å². The van der Waals surface area contributed by atoms with E-state index in [2.05, 4.69) is 0 Å². The van der Waals surface area contributed by atoms with Crippen LogP contribution in [0.15, 0.2) is 0 Å². The van der Waals surface area contributed by atoms with Crippen LogP contribution < -0.4 is 5.73 Å². The first kappa shape index (κ1) is 5.43. The van der Waals surface area contributed by atoms with Gasteiger partial charge in [-0.05, 0) is 6.92 Å². The van der Waals surface area contributed by atoms with Crippen molar-refractivity contribution < 1.29 is 5.11 Å². The lowest BCUT2D eigenvalue weighted by molar-refractivity contribution is 0.160. The van der Waals surface area contributed by atoms with Crippen LogP contribution in [-0.2, 0) is 5.11 Å². The van der Waals surface area contributed by atoms with Gasteiger partial charge in [-0.1, -0.05) is 0 Å². The minimum absolute atomic E-state index is 0.296. The van der Waals surface area contributed by atoms with Crippen LogP contribution in [-0.4, -0.2) is 11.9 Å². The van der Waals surface area contributed by atoms with Crippen LogP contribution in [0.2, 0.25) is 0 Å². The molecule has 3 N–H and O–H groups in total. The molecule has 3 heteroatoms. The lowest BCUT2D eigenvalue weighted by Crippen LogP contribution is -2.22. The average molecular weight is 87.1 g/mol. The second-order valence-electron chi connectivity index (χ2n) is 1.10. The van der Waals surface area contributed by atoms with Gasteiger partial charge in [-0.2, -0.15) is 0 Å². The molecule has 0 bridgehead atoms. The molecule has 1 radical (unpaired) electrons. The largest absolute Gasteiger partial charge is 0.385 e. The Labute approximate surface area is 36.3 Å². The Morgan fingerprint density at radius 3 is 2.17 bits per heavy atom. The molecule has 0 aliphatic heterocycles. The fraction of sp³-hybridized carbons (Fsp3) is 0.667. The Kier molecular flexibility index (Phi) is 1.60. The van der Waals surface area contributed by atoms with E-state index in [1.807, 2.05) is 0 Å². The zero-order valence-electron chi connectivity index (χ0n) is 3.56. The molecule has 35 valence electrons. The van der Waals surface area contributed by atoms with E-state index in [0.29, 0.717) is 0 Å². The maximum atomic E-state index is 9.88. The van der Waals surface area contributed by atoms with Crippen molar-refractivity contribution in [2.24, 2.45) is 5.73 Å². The molecule has 0 saturated heterocycles. The summed E-state index contributed by atoms with van der Waals surface area (Å²) in [6, 6.07) is 0. The molecule has 0 aromatic carbocycles. The molecule has 0 aliphatic carbocycles. The van der Waals surface area contributed by atoms with Gasteiger partial charge in [-0.25, -0.2) is 5.11 Å². The molecular formula is C3H7N2O. The second kappa shape index (κ2) is 1.77. The first-order chi connectivity index (χ1) is 2.64. The predicted octanol–water partition coefficient (Wildman–Crippen LogP) is -0.259. The Hall–Kier alpha value is -0.570. The monoisotopic (exact) mass is 87.1 g/mol. The average Bonchev–Trinajstić information content (AvgIpc) is 1.36. The Balaban J connectivity index is 3.26. The Morgan fingerprint density at radius 2 is 2.17 bits per heavy atom. The standard InChI is InChI=1S/C3H7N2O/c1-2(6)3(4)5/h2H,1H3,(H3,4,5). The lowest BCUT2D eigenvalue weighted by atomic mass is 10.4. The normalized spacial score (nSPS) is 13.7. The highest BCUT2D eigenvalue weighted by molar-refractivity contribution is 5.80. The van der Waals surface area contributed by atoms with Crippen molar-refractivity contribution in [1.29, 1.82) is 5.41 Å². The molecule has 0 heterocycles. The highest BCUT2D eigenvalue weighted by Crippen LogP contribution is 1.72. The number of amidine groups is 1. The summed E-state index contributed by atoms with van der Waals surface area (Å²) in [6.45, 7) is 1.34. The third kappa shape index (κ3) is 1.72. The Bertz CT molecular complexity index is 59.8. The van der Waals surface area contributed by atoms with Gasteiger partial charge in [-0.3, -0.25) is 5.41 Å². The lowest BCUT2D eigenvalue weighted by Gasteiger charge is -1.91. The van der Waals surface area contributed by atoms with Gasteiger partial charge in [0.1, 0.15) is 11.9 Å². The minimum Gasteiger partial charge on any atom is -0.385 e. The van der Waals surface area contributed by atoms with Crippen LogP contribution in [0.3, 0.4) is 0 Å². The van der Waals surface area contributed by atoms with E-state index in [0.717, 1.165) is 0 Å². The number of hydrogen-bond acceptors (Lipinski definition) is 1. The topological polar surface area (TPSA) is 69.8 Å². The van der Waals surface area contributed by atoms with Crippen molar-refractivity contribution in [3.05, 3.63) is 0 Å². The first-order valence-corrected chi connectivity index (χ1v) is 1.64. The summed E-state index contributed by atoms with van der Waals surface area (Å²) in [5, 5.41) is 16.3. The van der Waals surface area contributed by atoms with Crippen LogP contribution in [0.25, 0.3) is 0 Å². The van der Waals surface area contributed by atoms with Crippen molar-refractivity contribution >= 4 is 5.84 Å². The molecule has 0 amide bonds. The van der Waals surface area contributed by atoms with Gasteiger partial charge in [0.25, 0.3) is 0 Å². The van der Waals surface area contributed by atoms with E-state index in [-0.39, 0.29) is 5.84 Å². The molecule has 3 nitrogen and oxygen atoms in total. The first-order valence-electron chi connectivity index (χ1n) is 1.64. The summed E-state index contributed by atoms with van der Waals surface area (Å²) in [7, 11) is 0. The SMILES string of the molecule is CC([O])C(=N)N. The fourth-order valence-corrected chi connectivity index (χ4v) is 0. The van der Waals surface area contributed by atoms with E-state index in [4.69, 9.17) is 11.1 Å². The molecule has 0 aromatic heterocycles. The maximum Gasteiger partial charge on any atom is 0.146 e. The molecule has 0 aliphatic rings. The third-order valence-corrected chi connectivity index (χ3v) is 0.438. The number of nitrogens with two attached hydrogens (primary N) is 1. The van der Waals surface area contributed by atoms with E-state index < -0.39 is 6.10 Å². The van der Waals surface area contributed by atoms with Crippen molar-refractivity contribution in [2.45, 2.75) is 13.0 Å². The summed E-state index contributed by atoms with van der Waals surface area (Å²) < 4.78 is 0. The summed E-state index contributed by atoms with van der Waals surface area (Å²) in [5.41, 5.74) is 4.71. The van der Waals surface area contributed by atoms with Gasteiger partial charge >= 0.3 is 0 Å². The minimum atomic E-state index is -1.04. The van der Waals surface area contributed by atoms with Gasteiger partial charge in [0.2, 0.25) is 0 Å². The molecule has 1 atom stereocenters. The summed E-state index contributed by atoms with van der Waals surface area (Å²) in [4.78, 5) is 0. The molecule has 0 fully saturated rings. The van der Waals surface area contributed by atoms with Crippen molar-refractivity contribution in [2.75, 3.05) is 0 Å². The van der Waals surface area contributed by atoms with Crippen molar-refractivity contribution in [3.8, 4) is 0 Å². The van der Waals surface area contributed by atoms with Gasteiger partial charge in [0, 0.05) is 0 Å². The molecule has 0 rings (SSSR count). The molecule has 0 aromatic rings. The molecule has 0 spiro atoms. The second-order valence-corrected chi connectivity index (χ2v) is 1.10. The number of hydrogen-bond donors (Lipinski definition) is 2. The molecule has 6 heavy (non-hydrogen) atoms. The molecule has 0 saturated carbocycles. The smallest absolute Gasteiger partial charge is 0.146 e. The van der Waals surface area contributed by atoms with Crippen LogP contribution >= 0.6 is 0 Å². The molecular weight excluding hydrogens is 80.0 g/mol. The maximum absolute atomic E-state index is 9.88. The fourth-order valence-electron chi connectivity index (χ4n) is 0. The number of rotatable bonds is 1. The summed E-state index contributed by atoms with van der Waals surface area (Å²) in [5.74, 6) is -0.296. The van der Waals surface area contributed by atoms with Crippen LogP contribution in [0.1, 0.15) is 6.92 Å². The van der Waals surface area contributed by atoms with Crippen LogP contribution in [0.5, 0.6) is 0 Å². The Morgan fingerprint density at radius 1 is 2.00 bits per heavy atom. The highest BCUT2D eigenvalue weighted by atomic mass is 16.3. The van der Waals surface area contributed by atoms with Crippen molar-refractivity contribution in [3.63, 3.8) is 0 Å². The predicted molar refractivity (Wildman–Crippen MR) is 22.1 cm³/mol. The number of nitrogens with one attached hydrogen (secondary N) is 1. The zero-order valence-corrected chi connectivity index (χ0v) is 3.56. The van der Waals surface area contributed by atoms with Gasteiger partial charge in [0.05, 0.1) is 0 Å². The third-order valence-electron chi connectivity index (χ3n) is 0.438. The highest BCUT2D eigenvalue weighted by Gasteiger charge is 1.96. The van der Waals surface area contributed by atoms with E-state index in [9.17, 15) is 5.11 Å². The van der Waals surface area contributed by atoms with Gasteiger partial charge in [-0.15, -0.1) is 0 Å². The summed E-state index contributed by atoms with van der Waals surface area (Å²) >= 11 is 0. The van der Waals surface area contributed by atoms with Crippen LogP contribution in [0.4, 0.5) is 0 Å². The quantitative estimate of drug-likeness (QED) is 0.335. The van der Waals surface area contributed by atoms with E-state index in [1.165, 1.54) is 6.92 Å².